The van der Waals surface area contributed by atoms with Gasteiger partial charge in [0.15, 0.2) is 0 Å². The number of nitrogens with one attached hydrogen (secondary N) is 3. The first-order valence-electron chi connectivity index (χ1n) is 6.86. The van der Waals surface area contributed by atoms with Crippen molar-refractivity contribution in [3.05, 3.63) is 35.4 Å². The van der Waals surface area contributed by atoms with Crippen LogP contribution in [0.4, 0.5) is 4.79 Å². The minimum absolute atomic E-state index is 0.0335. The Kier molecular flexibility index (Phi) is 6.18. The molecular weight excluding hydrogens is 254 g/mol. The van der Waals surface area contributed by atoms with E-state index in [1.807, 2.05) is 38.1 Å². The van der Waals surface area contributed by atoms with Gasteiger partial charge in [0.2, 0.25) is 5.91 Å². The SMILES string of the molecule is CCNC(=O)NC(=O)C(C)N[C@@H](C)c1ccccc1C. The number of benzene rings is 1. The molecule has 20 heavy (non-hydrogen) atoms. The van der Waals surface area contributed by atoms with Crippen molar-refractivity contribution in [3.8, 4) is 0 Å². The van der Waals surface area contributed by atoms with Gasteiger partial charge in [0.25, 0.3) is 0 Å². The van der Waals surface area contributed by atoms with E-state index in [0.717, 1.165) is 5.56 Å². The number of imide groups is 1. The summed E-state index contributed by atoms with van der Waals surface area (Å²) in [6.07, 6.45) is 0. The van der Waals surface area contributed by atoms with E-state index in [4.69, 9.17) is 0 Å². The third kappa shape index (κ3) is 4.66. The summed E-state index contributed by atoms with van der Waals surface area (Å²) in [7, 11) is 0. The average Bonchev–Trinajstić information content (AvgIpc) is 2.39. The summed E-state index contributed by atoms with van der Waals surface area (Å²) in [5, 5.41) is 8.02. The van der Waals surface area contributed by atoms with Crippen LogP contribution in [-0.2, 0) is 4.79 Å². The molecular formula is C15H23N3O2. The van der Waals surface area contributed by atoms with Gasteiger partial charge in [-0.15, -0.1) is 0 Å². The van der Waals surface area contributed by atoms with Gasteiger partial charge in [-0.1, -0.05) is 24.3 Å². The predicted octanol–water partition coefficient (Wildman–Crippen LogP) is 1.88. The van der Waals surface area contributed by atoms with Crippen LogP contribution in [0.5, 0.6) is 0 Å². The van der Waals surface area contributed by atoms with E-state index in [1.54, 1.807) is 13.8 Å². The minimum atomic E-state index is -0.463. The van der Waals surface area contributed by atoms with E-state index in [2.05, 4.69) is 16.0 Å². The molecule has 0 bridgehead atoms. The molecule has 3 N–H and O–H groups in total. The van der Waals surface area contributed by atoms with Gasteiger partial charge in [0, 0.05) is 12.6 Å². The van der Waals surface area contributed by atoms with E-state index in [0.29, 0.717) is 6.54 Å². The second-order valence-electron chi connectivity index (χ2n) is 4.82. The quantitative estimate of drug-likeness (QED) is 0.769. The smallest absolute Gasteiger partial charge is 0.321 e. The number of carbonyl (C=O) groups excluding carboxylic acids is 2. The Bertz CT molecular complexity index is 474. The number of carbonyl (C=O) groups is 2. The first-order valence-corrected chi connectivity index (χ1v) is 6.86. The number of amides is 3. The highest BCUT2D eigenvalue weighted by atomic mass is 16.2. The predicted molar refractivity (Wildman–Crippen MR) is 79.4 cm³/mol. The molecule has 0 aliphatic carbocycles. The molecule has 0 aliphatic heterocycles. The molecule has 5 nitrogen and oxygen atoms in total. The van der Waals surface area contributed by atoms with Gasteiger partial charge >= 0.3 is 6.03 Å². The van der Waals surface area contributed by atoms with E-state index >= 15 is 0 Å². The molecule has 0 saturated heterocycles. The van der Waals surface area contributed by atoms with E-state index in [1.165, 1.54) is 5.56 Å². The summed E-state index contributed by atoms with van der Waals surface area (Å²) in [5.74, 6) is -0.337. The third-order valence-corrected chi connectivity index (χ3v) is 3.12. The molecule has 2 atom stereocenters. The Morgan fingerprint density at radius 1 is 1.20 bits per heavy atom. The third-order valence-electron chi connectivity index (χ3n) is 3.12. The summed E-state index contributed by atoms with van der Waals surface area (Å²) in [6.45, 7) is 8.06. The fraction of sp³-hybridized carbons (Fsp3) is 0.467. The van der Waals surface area contributed by atoms with Crippen molar-refractivity contribution < 1.29 is 9.59 Å². The maximum atomic E-state index is 11.8. The lowest BCUT2D eigenvalue weighted by atomic mass is 10.0. The first-order chi connectivity index (χ1) is 9.45. The fourth-order valence-electron chi connectivity index (χ4n) is 2.04. The van der Waals surface area contributed by atoms with Crippen LogP contribution >= 0.6 is 0 Å². The van der Waals surface area contributed by atoms with Gasteiger partial charge in [0.1, 0.15) is 0 Å². The van der Waals surface area contributed by atoms with Gasteiger partial charge in [-0.3, -0.25) is 15.4 Å². The Labute approximate surface area is 120 Å². The highest BCUT2D eigenvalue weighted by Gasteiger charge is 2.18. The van der Waals surface area contributed by atoms with Crippen LogP contribution in [0.2, 0.25) is 0 Å². The molecule has 1 aromatic carbocycles. The van der Waals surface area contributed by atoms with Gasteiger partial charge in [-0.25, -0.2) is 4.79 Å². The van der Waals surface area contributed by atoms with Crippen LogP contribution in [0, 0.1) is 6.92 Å². The second-order valence-corrected chi connectivity index (χ2v) is 4.82. The minimum Gasteiger partial charge on any atom is -0.338 e. The lowest BCUT2D eigenvalue weighted by Crippen LogP contribution is -2.48. The Hall–Kier alpha value is -1.88. The van der Waals surface area contributed by atoms with Gasteiger partial charge in [-0.05, 0) is 38.8 Å². The second kappa shape index (κ2) is 7.65. The van der Waals surface area contributed by atoms with Gasteiger partial charge in [0.05, 0.1) is 6.04 Å². The van der Waals surface area contributed by atoms with Crippen LogP contribution < -0.4 is 16.0 Å². The Morgan fingerprint density at radius 2 is 1.85 bits per heavy atom. The molecule has 0 heterocycles. The molecule has 1 rings (SSSR count). The van der Waals surface area contributed by atoms with Crippen LogP contribution in [-0.4, -0.2) is 24.5 Å². The molecule has 3 amide bonds. The normalized spacial score (nSPS) is 13.4. The molecule has 0 fully saturated rings. The van der Waals surface area contributed by atoms with Gasteiger partial charge < -0.3 is 5.32 Å². The topological polar surface area (TPSA) is 70.2 Å². The van der Waals surface area contributed by atoms with Crippen molar-refractivity contribution in [2.75, 3.05) is 6.54 Å². The summed E-state index contributed by atoms with van der Waals surface area (Å²) in [6, 6.07) is 7.14. The molecule has 0 saturated carbocycles. The lowest BCUT2D eigenvalue weighted by Gasteiger charge is -2.21. The number of rotatable bonds is 5. The van der Waals surface area contributed by atoms with Crippen molar-refractivity contribution in [2.45, 2.75) is 39.8 Å². The van der Waals surface area contributed by atoms with E-state index in [9.17, 15) is 9.59 Å². The van der Waals surface area contributed by atoms with Crippen molar-refractivity contribution in [1.82, 2.24) is 16.0 Å². The number of hydrogen-bond acceptors (Lipinski definition) is 3. The van der Waals surface area contributed by atoms with Crippen LogP contribution in [0.3, 0.4) is 0 Å². The van der Waals surface area contributed by atoms with Crippen molar-refractivity contribution in [2.24, 2.45) is 0 Å². The molecule has 0 aromatic heterocycles. The lowest BCUT2D eigenvalue weighted by molar-refractivity contribution is -0.121. The zero-order valence-electron chi connectivity index (χ0n) is 12.5. The van der Waals surface area contributed by atoms with Crippen LogP contribution in [0.1, 0.15) is 37.9 Å². The molecule has 1 aromatic rings. The number of aryl methyl sites for hydroxylation is 1. The monoisotopic (exact) mass is 277 g/mol. The average molecular weight is 277 g/mol. The van der Waals surface area contributed by atoms with Crippen molar-refractivity contribution >= 4 is 11.9 Å². The zero-order chi connectivity index (χ0) is 15.1. The highest BCUT2D eigenvalue weighted by Crippen LogP contribution is 2.17. The van der Waals surface area contributed by atoms with Crippen LogP contribution in [0.15, 0.2) is 24.3 Å². The Morgan fingerprint density at radius 3 is 2.45 bits per heavy atom. The summed E-state index contributed by atoms with van der Waals surface area (Å²) in [5.41, 5.74) is 2.31. The van der Waals surface area contributed by atoms with E-state index in [-0.39, 0.29) is 11.9 Å². The number of hydrogen-bond donors (Lipinski definition) is 3. The standard InChI is InChI=1S/C15H23N3O2/c1-5-16-15(20)18-14(19)12(4)17-11(3)13-9-7-6-8-10(13)2/h6-9,11-12,17H,5H2,1-4H3,(H2,16,18,19,20)/t11-,12?/m0/s1. The summed E-state index contributed by atoms with van der Waals surface area (Å²) >= 11 is 0. The molecule has 0 aliphatic rings. The maximum Gasteiger partial charge on any atom is 0.321 e. The Balaban J connectivity index is 2.57. The maximum absolute atomic E-state index is 11.8. The molecule has 0 radical (unpaired) electrons. The fourth-order valence-corrected chi connectivity index (χ4v) is 2.04. The summed E-state index contributed by atoms with van der Waals surface area (Å²) < 4.78 is 0. The summed E-state index contributed by atoms with van der Waals surface area (Å²) in [4.78, 5) is 23.1. The largest absolute Gasteiger partial charge is 0.338 e. The first kappa shape index (κ1) is 16.2. The zero-order valence-corrected chi connectivity index (χ0v) is 12.5. The molecule has 0 spiro atoms. The molecule has 5 heteroatoms. The molecule has 1 unspecified atom stereocenters. The van der Waals surface area contributed by atoms with Crippen molar-refractivity contribution in [1.29, 1.82) is 0 Å². The van der Waals surface area contributed by atoms with Gasteiger partial charge in [-0.2, -0.15) is 0 Å². The van der Waals surface area contributed by atoms with Crippen LogP contribution in [0.25, 0.3) is 0 Å². The number of urea groups is 1. The molecule has 110 valence electrons. The van der Waals surface area contributed by atoms with E-state index < -0.39 is 12.1 Å². The highest BCUT2D eigenvalue weighted by molar-refractivity contribution is 5.96. The van der Waals surface area contributed by atoms with Crippen molar-refractivity contribution in [3.63, 3.8) is 0 Å².